The van der Waals surface area contributed by atoms with Crippen LogP contribution in [-0.2, 0) is 0 Å². The van der Waals surface area contributed by atoms with Crippen LogP contribution in [0, 0.1) is 27.7 Å². The van der Waals surface area contributed by atoms with Crippen LogP contribution in [0.3, 0.4) is 0 Å². The van der Waals surface area contributed by atoms with E-state index in [-0.39, 0.29) is 0 Å². The van der Waals surface area contributed by atoms with E-state index in [0.29, 0.717) is 0 Å². The second kappa shape index (κ2) is 7.53. The number of hydrogen-bond acceptors (Lipinski definition) is 2. The highest BCUT2D eigenvalue weighted by Crippen LogP contribution is 2.41. The Bertz CT molecular complexity index is 1990. The van der Waals surface area contributed by atoms with Gasteiger partial charge < -0.3 is 0 Å². The quantitative estimate of drug-likeness (QED) is 0.243. The number of benzene rings is 3. The number of fused-ring (bicyclic) bond motifs is 6. The van der Waals surface area contributed by atoms with Crippen molar-refractivity contribution in [1.82, 2.24) is 18.9 Å². The molecule has 0 aliphatic carbocycles. The van der Waals surface area contributed by atoms with E-state index in [0.717, 1.165) is 21.8 Å². The Morgan fingerprint density at radius 1 is 0.611 bits per heavy atom. The van der Waals surface area contributed by atoms with Gasteiger partial charge in [-0.15, -0.1) is 0 Å². The van der Waals surface area contributed by atoms with E-state index in [2.05, 4.69) is 109 Å². The maximum atomic E-state index is 4.84. The van der Waals surface area contributed by atoms with Crippen LogP contribution < -0.4 is 0 Å². The molecular weight excluding hydrogens is 440 g/mol. The highest BCUT2D eigenvalue weighted by molar-refractivity contribution is 6.13. The lowest BCUT2D eigenvalue weighted by atomic mass is 9.92. The van der Waals surface area contributed by atoms with Crippen LogP contribution in [0.15, 0.2) is 85.2 Å². The minimum atomic E-state index is 0.958. The summed E-state index contributed by atoms with van der Waals surface area (Å²) in [5.74, 6) is 0. The Labute approximate surface area is 209 Å². The lowest BCUT2D eigenvalue weighted by molar-refractivity contribution is 1.10. The molecule has 0 bridgehead atoms. The van der Waals surface area contributed by atoms with Crippen molar-refractivity contribution in [2.24, 2.45) is 0 Å². The van der Waals surface area contributed by atoms with E-state index in [4.69, 9.17) is 9.97 Å². The van der Waals surface area contributed by atoms with Gasteiger partial charge in [-0.3, -0.25) is 18.9 Å². The maximum Gasteiger partial charge on any atom is 0.122 e. The van der Waals surface area contributed by atoms with Gasteiger partial charge in [-0.25, -0.2) is 0 Å². The summed E-state index contributed by atoms with van der Waals surface area (Å²) < 4.78 is 4.77. The third-order valence-corrected chi connectivity index (χ3v) is 7.55. The van der Waals surface area contributed by atoms with Crippen LogP contribution in [0.5, 0.6) is 0 Å². The fraction of sp³-hybridized carbons (Fsp3) is 0.125. The van der Waals surface area contributed by atoms with Gasteiger partial charge in [-0.2, -0.15) is 0 Å². The van der Waals surface area contributed by atoms with Crippen LogP contribution in [-0.4, -0.2) is 18.9 Å². The minimum absolute atomic E-state index is 0.958. The fourth-order valence-corrected chi connectivity index (χ4v) is 5.83. The molecule has 0 aliphatic rings. The summed E-state index contributed by atoms with van der Waals surface area (Å²) in [6.07, 6.45) is 3.78. The van der Waals surface area contributed by atoms with Crippen LogP contribution in [0.25, 0.3) is 55.3 Å². The summed E-state index contributed by atoms with van der Waals surface area (Å²) in [6.45, 7) is 8.70. The molecule has 4 heteroatoms. The molecule has 0 spiro atoms. The lowest BCUT2D eigenvalue weighted by Gasteiger charge is -2.19. The Morgan fingerprint density at radius 3 is 2.19 bits per heavy atom. The molecular formula is C32H26N4. The van der Waals surface area contributed by atoms with Gasteiger partial charge in [0.05, 0.1) is 27.8 Å². The molecule has 7 aromatic rings. The zero-order valence-corrected chi connectivity index (χ0v) is 20.9. The molecule has 4 heterocycles. The molecule has 0 radical (unpaired) electrons. The first-order valence-corrected chi connectivity index (χ1v) is 12.4. The zero-order chi connectivity index (χ0) is 24.6. The number of rotatable bonds is 2. The average molecular weight is 467 g/mol. The normalized spacial score (nSPS) is 11.9. The number of nitrogens with zero attached hydrogens (tertiary/aromatic N) is 4. The minimum Gasteiger partial charge on any atom is -0.298 e. The topological polar surface area (TPSA) is 35.1 Å². The summed E-state index contributed by atoms with van der Waals surface area (Å²) in [5.41, 5.74) is 14.0. The van der Waals surface area contributed by atoms with Crippen LogP contribution in [0.1, 0.15) is 22.4 Å². The van der Waals surface area contributed by atoms with Gasteiger partial charge in [0.1, 0.15) is 5.65 Å². The molecule has 36 heavy (non-hydrogen) atoms. The first-order chi connectivity index (χ1) is 17.5. The number of para-hydroxylation sites is 3. The molecule has 7 rings (SSSR count). The predicted molar refractivity (Wildman–Crippen MR) is 149 cm³/mol. The molecule has 0 N–H and O–H groups in total. The molecule has 174 valence electrons. The molecule has 4 nitrogen and oxygen atoms in total. The number of imidazole rings is 1. The Kier molecular flexibility index (Phi) is 4.37. The van der Waals surface area contributed by atoms with Crippen molar-refractivity contribution < 1.29 is 0 Å². The van der Waals surface area contributed by atoms with E-state index >= 15 is 0 Å². The van der Waals surface area contributed by atoms with Crippen molar-refractivity contribution in [3.8, 4) is 16.8 Å². The van der Waals surface area contributed by atoms with Gasteiger partial charge in [-0.1, -0.05) is 30.3 Å². The predicted octanol–water partition coefficient (Wildman–Crippen LogP) is 7.88. The Hall–Kier alpha value is -4.44. The van der Waals surface area contributed by atoms with Crippen molar-refractivity contribution in [3.63, 3.8) is 0 Å². The van der Waals surface area contributed by atoms with E-state index in [1.807, 2.05) is 12.4 Å². The lowest BCUT2D eigenvalue weighted by Crippen LogP contribution is -2.01. The summed E-state index contributed by atoms with van der Waals surface area (Å²) in [5, 5.41) is 2.31. The molecule has 0 fully saturated rings. The molecule has 0 amide bonds. The van der Waals surface area contributed by atoms with Gasteiger partial charge in [0.2, 0.25) is 0 Å². The van der Waals surface area contributed by atoms with Crippen molar-refractivity contribution in [3.05, 3.63) is 108 Å². The van der Waals surface area contributed by atoms with Crippen LogP contribution in [0.2, 0.25) is 0 Å². The second-order valence-electron chi connectivity index (χ2n) is 9.76. The second-order valence-corrected chi connectivity index (χ2v) is 9.76. The van der Waals surface area contributed by atoms with Crippen molar-refractivity contribution in [2.45, 2.75) is 27.7 Å². The van der Waals surface area contributed by atoms with Gasteiger partial charge in [0, 0.05) is 34.4 Å². The molecule has 4 aromatic heterocycles. The fourth-order valence-electron chi connectivity index (χ4n) is 5.83. The number of pyridine rings is 2. The standard InChI is InChI=1S/C32H26N4/c1-19-14-16-33-30-24(19)18-25(29-20(2)15-17-34-31(29)30)23-9-7-8-21(3)32(23)36-27-11-6-5-10-26(27)35-22(4)12-13-28(35)36/h5-18H,1-4H3. The molecule has 0 saturated carbocycles. The summed E-state index contributed by atoms with van der Waals surface area (Å²) in [4.78, 5) is 9.59. The van der Waals surface area contributed by atoms with Crippen LogP contribution >= 0.6 is 0 Å². The van der Waals surface area contributed by atoms with Crippen molar-refractivity contribution >= 4 is 38.5 Å². The smallest absolute Gasteiger partial charge is 0.122 e. The molecule has 0 aliphatic heterocycles. The highest BCUT2D eigenvalue weighted by Gasteiger charge is 2.21. The number of hydrogen-bond donors (Lipinski definition) is 0. The van der Waals surface area contributed by atoms with Crippen molar-refractivity contribution in [2.75, 3.05) is 0 Å². The highest BCUT2D eigenvalue weighted by atomic mass is 15.1. The third-order valence-electron chi connectivity index (χ3n) is 7.55. The van der Waals surface area contributed by atoms with Gasteiger partial charge in [0.25, 0.3) is 0 Å². The van der Waals surface area contributed by atoms with Gasteiger partial charge >= 0.3 is 0 Å². The van der Waals surface area contributed by atoms with E-state index in [9.17, 15) is 0 Å². The summed E-state index contributed by atoms with van der Waals surface area (Å²) in [6, 6.07) is 26.2. The SMILES string of the molecule is Cc1cccc(-c2cc3c(C)ccnc3c3nccc(C)c23)c1-n1c2ccccc2n2c(C)ccc12. The maximum absolute atomic E-state index is 4.84. The third kappa shape index (κ3) is 2.75. The Morgan fingerprint density at radius 2 is 1.36 bits per heavy atom. The van der Waals surface area contributed by atoms with Gasteiger partial charge in [0.15, 0.2) is 0 Å². The largest absolute Gasteiger partial charge is 0.298 e. The molecule has 0 saturated heterocycles. The first kappa shape index (κ1) is 20.9. The summed E-state index contributed by atoms with van der Waals surface area (Å²) in [7, 11) is 0. The molecule has 3 aromatic carbocycles. The Balaban J connectivity index is 1.68. The van der Waals surface area contributed by atoms with E-state index < -0.39 is 0 Å². The van der Waals surface area contributed by atoms with Crippen LogP contribution in [0.4, 0.5) is 0 Å². The first-order valence-electron chi connectivity index (χ1n) is 12.4. The average Bonchev–Trinajstić information content (AvgIpc) is 3.42. The monoisotopic (exact) mass is 466 g/mol. The van der Waals surface area contributed by atoms with Crippen molar-refractivity contribution in [1.29, 1.82) is 0 Å². The van der Waals surface area contributed by atoms with E-state index in [1.165, 1.54) is 55.9 Å². The van der Waals surface area contributed by atoms with Gasteiger partial charge in [-0.05, 0) is 92.4 Å². The number of aryl methyl sites for hydroxylation is 4. The zero-order valence-electron chi connectivity index (χ0n) is 20.9. The van der Waals surface area contributed by atoms with E-state index in [1.54, 1.807) is 0 Å². The molecule has 0 atom stereocenters. The number of aromatic nitrogens is 4. The molecule has 0 unspecified atom stereocenters. The summed E-state index contributed by atoms with van der Waals surface area (Å²) >= 11 is 0.